The van der Waals surface area contributed by atoms with Gasteiger partial charge in [0.25, 0.3) is 0 Å². The second kappa shape index (κ2) is 7.49. The number of likely N-dealkylation sites (N-methyl/N-ethyl adjacent to an activating group) is 1. The van der Waals surface area contributed by atoms with Crippen LogP contribution in [0.5, 0.6) is 0 Å². The highest BCUT2D eigenvalue weighted by molar-refractivity contribution is 7.84. The van der Waals surface area contributed by atoms with E-state index >= 15 is 0 Å². The summed E-state index contributed by atoms with van der Waals surface area (Å²) in [5, 5.41) is 2.56. The SMILES string of the molecule is CC(C)[C@@H](C(=O)Nc1ccc(F)c(F)c1)N(C)S(=O)C(C)(C)C. The van der Waals surface area contributed by atoms with Crippen LogP contribution in [0.4, 0.5) is 14.5 Å². The van der Waals surface area contributed by atoms with Crippen molar-refractivity contribution in [3.05, 3.63) is 29.8 Å². The Morgan fingerprint density at radius 2 is 1.78 bits per heavy atom. The maximum absolute atomic E-state index is 13.2. The Hall–Kier alpha value is -1.34. The van der Waals surface area contributed by atoms with Gasteiger partial charge < -0.3 is 5.32 Å². The summed E-state index contributed by atoms with van der Waals surface area (Å²) in [6.45, 7) is 9.15. The zero-order valence-electron chi connectivity index (χ0n) is 14.3. The van der Waals surface area contributed by atoms with Crippen LogP contribution in [-0.4, -0.2) is 32.3 Å². The molecule has 1 N–H and O–H groups in total. The van der Waals surface area contributed by atoms with Crippen molar-refractivity contribution in [3.63, 3.8) is 0 Å². The molecule has 1 amide bonds. The van der Waals surface area contributed by atoms with Crippen LogP contribution in [0.1, 0.15) is 34.6 Å². The normalized spacial score (nSPS) is 14.9. The molecule has 23 heavy (non-hydrogen) atoms. The lowest BCUT2D eigenvalue weighted by molar-refractivity contribution is -0.120. The van der Waals surface area contributed by atoms with Crippen LogP contribution in [0.2, 0.25) is 0 Å². The maximum Gasteiger partial charge on any atom is 0.242 e. The third-order valence-corrected chi connectivity index (χ3v) is 5.06. The fourth-order valence-corrected chi connectivity index (χ4v) is 3.62. The van der Waals surface area contributed by atoms with Gasteiger partial charge in [-0.05, 0) is 38.8 Å². The van der Waals surface area contributed by atoms with Crippen molar-refractivity contribution >= 4 is 22.6 Å². The molecular formula is C16H24F2N2O2S. The van der Waals surface area contributed by atoms with Crippen molar-refractivity contribution in [1.29, 1.82) is 0 Å². The quantitative estimate of drug-likeness (QED) is 0.889. The van der Waals surface area contributed by atoms with E-state index in [1.807, 2.05) is 34.6 Å². The van der Waals surface area contributed by atoms with Gasteiger partial charge in [-0.3, -0.25) is 4.79 Å². The van der Waals surface area contributed by atoms with E-state index < -0.39 is 39.3 Å². The fraction of sp³-hybridized carbons (Fsp3) is 0.562. The molecule has 0 aliphatic heterocycles. The lowest BCUT2D eigenvalue weighted by Gasteiger charge is -2.33. The number of nitrogens with zero attached hydrogens (tertiary/aromatic N) is 1. The topological polar surface area (TPSA) is 49.4 Å². The Bertz CT molecular complexity index is 600. The molecule has 2 atom stereocenters. The molecule has 0 heterocycles. The van der Waals surface area contributed by atoms with E-state index in [4.69, 9.17) is 0 Å². The zero-order chi connectivity index (χ0) is 17.9. The smallest absolute Gasteiger partial charge is 0.242 e. The van der Waals surface area contributed by atoms with Crippen molar-refractivity contribution in [1.82, 2.24) is 4.31 Å². The predicted molar refractivity (Wildman–Crippen MR) is 89.3 cm³/mol. The van der Waals surface area contributed by atoms with Crippen LogP contribution in [0.15, 0.2) is 18.2 Å². The monoisotopic (exact) mass is 346 g/mol. The van der Waals surface area contributed by atoms with E-state index in [0.29, 0.717) is 0 Å². The number of amides is 1. The molecule has 7 heteroatoms. The molecular weight excluding hydrogens is 322 g/mol. The summed E-state index contributed by atoms with van der Waals surface area (Å²) < 4.78 is 39.7. The molecule has 0 aliphatic carbocycles. The van der Waals surface area contributed by atoms with Crippen LogP contribution < -0.4 is 5.32 Å². The predicted octanol–water partition coefficient (Wildman–Crippen LogP) is 3.32. The zero-order valence-corrected chi connectivity index (χ0v) is 15.1. The highest BCUT2D eigenvalue weighted by atomic mass is 32.2. The van der Waals surface area contributed by atoms with Crippen LogP contribution in [0.3, 0.4) is 0 Å². The number of carbonyl (C=O) groups excluding carboxylic acids is 1. The number of nitrogens with one attached hydrogen (secondary N) is 1. The first kappa shape index (κ1) is 19.7. The van der Waals surface area contributed by atoms with Crippen molar-refractivity contribution in [3.8, 4) is 0 Å². The van der Waals surface area contributed by atoms with Crippen LogP contribution in [0, 0.1) is 17.6 Å². The van der Waals surface area contributed by atoms with Gasteiger partial charge in [0.2, 0.25) is 5.91 Å². The van der Waals surface area contributed by atoms with Gasteiger partial charge in [0.15, 0.2) is 11.6 Å². The van der Waals surface area contributed by atoms with Gasteiger partial charge in [0.05, 0.1) is 4.75 Å². The first-order valence-electron chi connectivity index (χ1n) is 7.36. The number of carbonyl (C=O) groups is 1. The van der Waals surface area contributed by atoms with Gasteiger partial charge >= 0.3 is 0 Å². The number of hydrogen-bond donors (Lipinski definition) is 1. The molecule has 1 rings (SSSR count). The van der Waals surface area contributed by atoms with Gasteiger partial charge in [-0.2, -0.15) is 0 Å². The summed E-state index contributed by atoms with van der Waals surface area (Å²) in [7, 11) is 0.241. The lowest BCUT2D eigenvalue weighted by Crippen LogP contribution is -2.49. The summed E-state index contributed by atoms with van der Waals surface area (Å²) in [5.41, 5.74) is 0.162. The highest BCUT2D eigenvalue weighted by Crippen LogP contribution is 2.22. The standard InChI is InChI=1S/C16H24F2N2O2S/c1-10(2)14(20(6)23(22)16(3,4)5)15(21)19-11-7-8-12(17)13(18)9-11/h7-10,14H,1-6H3,(H,19,21)/t14-,23?/m0/s1. The number of benzene rings is 1. The third-order valence-electron chi connectivity index (χ3n) is 3.26. The number of hydrogen-bond acceptors (Lipinski definition) is 2. The molecule has 0 spiro atoms. The molecule has 1 aromatic carbocycles. The molecule has 1 aromatic rings. The Balaban J connectivity index is 2.99. The molecule has 0 bridgehead atoms. The van der Waals surface area contributed by atoms with Gasteiger partial charge in [-0.25, -0.2) is 17.3 Å². The summed E-state index contributed by atoms with van der Waals surface area (Å²) in [6.07, 6.45) is 0. The minimum absolute atomic E-state index is 0.114. The second-order valence-corrected chi connectivity index (χ2v) is 9.01. The van der Waals surface area contributed by atoms with Gasteiger partial charge in [0.1, 0.15) is 17.0 Å². The van der Waals surface area contributed by atoms with Crippen LogP contribution >= 0.6 is 0 Å². The van der Waals surface area contributed by atoms with Crippen LogP contribution in [-0.2, 0) is 15.8 Å². The average Bonchev–Trinajstić information content (AvgIpc) is 2.40. The summed E-state index contributed by atoms with van der Waals surface area (Å²) >= 11 is 0. The minimum Gasteiger partial charge on any atom is -0.325 e. The first-order valence-corrected chi connectivity index (χ1v) is 8.46. The largest absolute Gasteiger partial charge is 0.325 e. The van der Waals surface area contributed by atoms with Gasteiger partial charge in [-0.15, -0.1) is 0 Å². The fourth-order valence-electron chi connectivity index (χ4n) is 2.21. The molecule has 130 valence electrons. The van der Waals surface area contributed by atoms with Gasteiger partial charge in [-0.1, -0.05) is 13.8 Å². The van der Waals surface area contributed by atoms with Crippen LogP contribution in [0.25, 0.3) is 0 Å². The van der Waals surface area contributed by atoms with Crippen molar-refractivity contribution in [2.45, 2.75) is 45.4 Å². The maximum atomic E-state index is 13.2. The number of anilines is 1. The molecule has 0 aromatic heterocycles. The Morgan fingerprint density at radius 1 is 1.22 bits per heavy atom. The molecule has 0 saturated heterocycles. The van der Waals surface area contributed by atoms with Crippen molar-refractivity contribution < 1.29 is 17.8 Å². The Kier molecular flexibility index (Phi) is 6.41. The van der Waals surface area contributed by atoms with Gasteiger partial charge in [0, 0.05) is 18.8 Å². The van der Waals surface area contributed by atoms with E-state index in [1.54, 1.807) is 7.05 Å². The minimum atomic E-state index is -1.38. The third kappa shape index (κ3) is 5.07. The van der Waals surface area contributed by atoms with E-state index in [1.165, 1.54) is 10.4 Å². The lowest BCUT2D eigenvalue weighted by atomic mass is 10.0. The summed E-state index contributed by atoms with van der Waals surface area (Å²) in [4.78, 5) is 12.5. The number of halogens is 2. The van der Waals surface area contributed by atoms with E-state index in [9.17, 15) is 17.8 Å². The molecule has 0 fully saturated rings. The first-order chi connectivity index (χ1) is 10.4. The molecule has 0 saturated carbocycles. The van der Waals surface area contributed by atoms with E-state index in [-0.39, 0.29) is 11.6 Å². The molecule has 0 aliphatic rings. The average molecular weight is 346 g/mol. The second-order valence-electron chi connectivity index (χ2n) is 6.71. The van der Waals surface area contributed by atoms with E-state index in [0.717, 1.165) is 12.1 Å². The number of rotatable bonds is 5. The Labute approximate surface area is 138 Å². The summed E-state index contributed by atoms with van der Waals surface area (Å²) in [5.74, 6) is -2.53. The highest BCUT2D eigenvalue weighted by Gasteiger charge is 2.34. The van der Waals surface area contributed by atoms with Crippen molar-refractivity contribution in [2.75, 3.05) is 12.4 Å². The Morgan fingerprint density at radius 3 is 2.22 bits per heavy atom. The summed E-state index contributed by atoms with van der Waals surface area (Å²) in [6, 6.07) is 2.50. The molecule has 4 nitrogen and oxygen atoms in total. The van der Waals surface area contributed by atoms with E-state index in [2.05, 4.69) is 5.32 Å². The molecule has 1 unspecified atom stereocenters. The molecule has 0 radical (unpaired) electrons. The van der Waals surface area contributed by atoms with Crippen molar-refractivity contribution in [2.24, 2.45) is 5.92 Å².